The van der Waals surface area contributed by atoms with Crippen LogP contribution >= 0.6 is 0 Å². The minimum atomic E-state index is 0.898. The number of unbranched alkanes of at least 4 members (excludes halogenated alkanes) is 2. The van der Waals surface area contributed by atoms with Crippen molar-refractivity contribution in [3.63, 3.8) is 0 Å². The molecule has 1 fully saturated rings. The maximum absolute atomic E-state index is 2.46. The highest BCUT2D eigenvalue weighted by molar-refractivity contribution is 4.60. The van der Waals surface area contributed by atoms with E-state index in [1.807, 2.05) is 0 Å². The number of likely N-dealkylation sites (tertiary alicyclic amines) is 1. The summed E-state index contributed by atoms with van der Waals surface area (Å²) in [5, 5.41) is 0. The zero-order valence-corrected chi connectivity index (χ0v) is 10.4. The summed E-state index contributed by atoms with van der Waals surface area (Å²) >= 11 is 0. The molecule has 14 heavy (non-hydrogen) atoms. The van der Waals surface area contributed by atoms with Crippen LogP contribution in [0.1, 0.15) is 59.3 Å². The molecule has 0 aliphatic carbocycles. The van der Waals surface area contributed by atoms with Crippen LogP contribution in [0, 0.1) is 0 Å². The van der Waals surface area contributed by atoms with Gasteiger partial charge in [0.1, 0.15) is 0 Å². The lowest BCUT2D eigenvalue weighted by Crippen LogP contribution is -2.52. The Morgan fingerprint density at radius 1 is 1.07 bits per heavy atom. The first-order valence-corrected chi connectivity index (χ1v) is 6.61. The molecule has 0 N–H and O–H groups in total. The number of hydrogen-bond acceptors (Lipinski definition) is 0. The van der Waals surface area contributed by atoms with Gasteiger partial charge in [0.2, 0.25) is 0 Å². The van der Waals surface area contributed by atoms with Crippen LogP contribution in [0.15, 0.2) is 0 Å². The lowest BCUT2D eigenvalue weighted by molar-refractivity contribution is -0.939. The summed E-state index contributed by atoms with van der Waals surface area (Å²) in [6.45, 7) is 11.5. The number of hydrogen-bond donors (Lipinski definition) is 0. The number of quaternary nitrogens is 1. The summed E-state index contributed by atoms with van der Waals surface area (Å²) in [6, 6.07) is 0.898. The summed E-state index contributed by atoms with van der Waals surface area (Å²) in [6.07, 6.45) is 8.52. The molecule has 1 atom stereocenters. The normalized spacial score (nSPS) is 22.5. The van der Waals surface area contributed by atoms with Crippen LogP contribution in [0.4, 0.5) is 0 Å². The molecule has 0 aromatic rings. The SMILES string of the molecule is CCCCC[N+]1(C(C)CC)CCCC1. The molecule has 1 heterocycles. The molecule has 1 aliphatic rings. The highest BCUT2D eigenvalue weighted by atomic mass is 15.4. The summed E-state index contributed by atoms with van der Waals surface area (Å²) in [7, 11) is 0. The van der Waals surface area contributed by atoms with Crippen LogP contribution in [0.25, 0.3) is 0 Å². The standard InChI is InChI=1S/C13H28N/c1-4-6-7-10-14(13(3)5-2)11-8-9-12-14/h13H,4-12H2,1-3H3/q+1. The number of rotatable bonds is 6. The molecule has 1 heteroatoms. The van der Waals surface area contributed by atoms with Crippen molar-refractivity contribution in [1.82, 2.24) is 0 Å². The van der Waals surface area contributed by atoms with Gasteiger partial charge in [-0.2, -0.15) is 0 Å². The lowest BCUT2D eigenvalue weighted by Gasteiger charge is -2.40. The molecule has 84 valence electrons. The van der Waals surface area contributed by atoms with Gasteiger partial charge in [-0.3, -0.25) is 0 Å². The second-order valence-electron chi connectivity index (χ2n) is 5.06. The van der Waals surface area contributed by atoms with Crippen LogP contribution in [0.5, 0.6) is 0 Å². The fraction of sp³-hybridized carbons (Fsp3) is 1.00. The number of nitrogens with zero attached hydrogens (tertiary/aromatic N) is 1. The molecule has 0 amide bonds. The van der Waals surface area contributed by atoms with E-state index in [9.17, 15) is 0 Å². The third-order valence-corrected chi connectivity index (χ3v) is 4.19. The molecule has 1 saturated heterocycles. The van der Waals surface area contributed by atoms with Crippen molar-refractivity contribution in [2.75, 3.05) is 19.6 Å². The molecule has 0 aromatic carbocycles. The van der Waals surface area contributed by atoms with Crippen molar-refractivity contribution in [3.8, 4) is 0 Å². The van der Waals surface area contributed by atoms with E-state index in [4.69, 9.17) is 0 Å². The highest BCUT2D eigenvalue weighted by Crippen LogP contribution is 2.26. The zero-order valence-electron chi connectivity index (χ0n) is 10.4. The van der Waals surface area contributed by atoms with Crippen LogP contribution in [0.2, 0.25) is 0 Å². The van der Waals surface area contributed by atoms with Gasteiger partial charge in [-0.15, -0.1) is 0 Å². The Morgan fingerprint density at radius 2 is 1.71 bits per heavy atom. The second kappa shape index (κ2) is 5.75. The fourth-order valence-electron chi connectivity index (χ4n) is 2.91. The summed E-state index contributed by atoms with van der Waals surface area (Å²) in [5.41, 5.74) is 0. The average molecular weight is 198 g/mol. The van der Waals surface area contributed by atoms with Crippen molar-refractivity contribution in [2.24, 2.45) is 0 Å². The first kappa shape index (κ1) is 12.0. The van der Waals surface area contributed by atoms with Gasteiger partial charge in [0.05, 0.1) is 25.7 Å². The molecule has 0 aromatic heterocycles. The minimum absolute atomic E-state index is 0.898. The molecule has 1 rings (SSSR count). The maximum atomic E-state index is 2.46. The van der Waals surface area contributed by atoms with Crippen molar-refractivity contribution >= 4 is 0 Å². The third-order valence-electron chi connectivity index (χ3n) is 4.19. The van der Waals surface area contributed by atoms with Crippen LogP contribution in [0.3, 0.4) is 0 Å². The minimum Gasteiger partial charge on any atom is -0.321 e. The van der Waals surface area contributed by atoms with Gasteiger partial charge in [0, 0.05) is 12.8 Å². The van der Waals surface area contributed by atoms with Gasteiger partial charge < -0.3 is 4.48 Å². The van der Waals surface area contributed by atoms with E-state index in [2.05, 4.69) is 20.8 Å². The van der Waals surface area contributed by atoms with E-state index >= 15 is 0 Å². The van der Waals surface area contributed by atoms with Crippen molar-refractivity contribution in [2.45, 2.75) is 65.3 Å². The quantitative estimate of drug-likeness (QED) is 0.452. The lowest BCUT2D eigenvalue weighted by atomic mass is 10.1. The highest BCUT2D eigenvalue weighted by Gasteiger charge is 2.35. The third kappa shape index (κ3) is 2.73. The molecule has 0 saturated carbocycles. The van der Waals surface area contributed by atoms with E-state index in [0.29, 0.717) is 0 Å². The molecular weight excluding hydrogens is 170 g/mol. The Balaban J connectivity index is 2.44. The largest absolute Gasteiger partial charge is 0.321 e. The summed E-state index contributed by atoms with van der Waals surface area (Å²) in [5.74, 6) is 0. The van der Waals surface area contributed by atoms with E-state index in [1.165, 1.54) is 62.6 Å². The smallest absolute Gasteiger partial charge is 0.0859 e. The van der Waals surface area contributed by atoms with Gasteiger partial charge >= 0.3 is 0 Å². The Morgan fingerprint density at radius 3 is 2.21 bits per heavy atom. The topological polar surface area (TPSA) is 0 Å². The van der Waals surface area contributed by atoms with Crippen molar-refractivity contribution in [3.05, 3.63) is 0 Å². The van der Waals surface area contributed by atoms with Crippen LogP contribution in [-0.4, -0.2) is 30.2 Å². The van der Waals surface area contributed by atoms with Crippen LogP contribution < -0.4 is 0 Å². The molecule has 1 nitrogen and oxygen atoms in total. The van der Waals surface area contributed by atoms with E-state index < -0.39 is 0 Å². The summed E-state index contributed by atoms with van der Waals surface area (Å²) in [4.78, 5) is 0. The monoisotopic (exact) mass is 198 g/mol. The molecule has 1 aliphatic heterocycles. The van der Waals surface area contributed by atoms with E-state index in [0.717, 1.165) is 6.04 Å². The van der Waals surface area contributed by atoms with Crippen molar-refractivity contribution in [1.29, 1.82) is 0 Å². The second-order valence-corrected chi connectivity index (χ2v) is 5.06. The van der Waals surface area contributed by atoms with Gasteiger partial charge in [0.25, 0.3) is 0 Å². The molecule has 0 spiro atoms. The van der Waals surface area contributed by atoms with Gasteiger partial charge in [-0.25, -0.2) is 0 Å². The fourth-order valence-corrected chi connectivity index (χ4v) is 2.91. The summed E-state index contributed by atoms with van der Waals surface area (Å²) < 4.78 is 1.44. The Bertz CT molecular complexity index is 147. The Hall–Kier alpha value is -0.0400. The van der Waals surface area contributed by atoms with Crippen LogP contribution in [-0.2, 0) is 0 Å². The Kier molecular flexibility index (Phi) is 4.94. The van der Waals surface area contributed by atoms with Crippen molar-refractivity contribution < 1.29 is 4.48 Å². The first-order valence-electron chi connectivity index (χ1n) is 6.61. The van der Waals surface area contributed by atoms with E-state index in [1.54, 1.807) is 0 Å². The average Bonchev–Trinajstić information content (AvgIpc) is 2.67. The van der Waals surface area contributed by atoms with Gasteiger partial charge in [-0.1, -0.05) is 20.3 Å². The predicted octanol–water partition coefficient (Wildman–Crippen LogP) is 3.59. The molecule has 0 bridgehead atoms. The zero-order chi connectivity index (χ0) is 10.4. The van der Waals surface area contributed by atoms with Gasteiger partial charge in [-0.05, 0) is 26.2 Å². The van der Waals surface area contributed by atoms with E-state index in [-0.39, 0.29) is 0 Å². The Labute approximate surface area is 90.1 Å². The molecule has 0 radical (unpaired) electrons. The van der Waals surface area contributed by atoms with Gasteiger partial charge in [0.15, 0.2) is 0 Å². The first-order chi connectivity index (χ1) is 6.75. The molecular formula is C13H28N+. The predicted molar refractivity (Wildman–Crippen MR) is 63.4 cm³/mol. The maximum Gasteiger partial charge on any atom is 0.0859 e. The molecule has 1 unspecified atom stereocenters.